The van der Waals surface area contributed by atoms with E-state index in [0.29, 0.717) is 18.6 Å². The van der Waals surface area contributed by atoms with Gasteiger partial charge in [-0.05, 0) is 31.9 Å². The van der Waals surface area contributed by atoms with Crippen molar-refractivity contribution in [3.63, 3.8) is 0 Å². The Morgan fingerprint density at radius 2 is 2.00 bits per heavy atom. The highest BCUT2D eigenvalue weighted by Crippen LogP contribution is 2.27. The van der Waals surface area contributed by atoms with E-state index in [1.54, 1.807) is 0 Å². The number of Topliss-reactive ketones (excluding diaryl/α,β-unsaturated/α-hetero) is 1. The van der Waals surface area contributed by atoms with Crippen molar-refractivity contribution in [1.29, 1.82) is 0 Å². The minimum Gasteiger partial charge on any atom is -0.300 e. The molecule has 0 radical (unpaired) electrons. The molecule has 1 aliphatic rings. The van der Waals surface area contributed by atoms with Crippen LogP contribution in [0.15, 0.2) is 24.3 Å². The second kappa shape index (κ2) is 4.61. The predicted molar refractivity (Wildman–Crippen MR) is 69.9 cm³/mol. The summed E-state index contributed by atoms with van der Waals surface area (Å²) >= 11 is 0. The van der Waals surface area contributed by atoms with Gasteiger partial charge in [0.2, 0.25) is 0 Å². The highest BCUT2D eigenvalue weighted by Gasteiger charge is 2.33. The van der Waals surface area contributed by atoms with Gasteiger partial charge in [0.25, 0.3) is 0 Å². The standard InChI is InChI=1S/C15H21NO/c1-12-6-4-5-7-13(12)11-16-9-8-14(17)10-15(16,2)3/h4-7H,8-11H2,1-3H3. The molecule has 0 aromatic heterocycles. The van der Waals surface area contributed by atoms with Gasteiger partial charge in [-0.2, -0.15) is 0 Å². The molecule has 2 heteroatoms. The second-order valence-electron chi connectivity index (χ2n) is 5.63. The Morgan fingerprint density at radius 1 is 1.29 bits per heavy atom. The molecule has 0 bridgehead atoms. The first-order chi connectivity index (χ1) is 7.99. The molecule has 2 rings (SSSR count). The molecule has 0 aliphatic carbocycles. The molecule has 0 saturated carbocycles. The summed E-state index contributed by atoms with van der Waals surface area (Å²) in [6.07, 6.45) is 1.38. The van der Waals surface area contributed by atoms with Gasteiger partial charge in [-0.25, -0.2) is 0 Å². The SMILES string of the molecule is Cc1ccccc1CN1CCC(=O)CC1(C)C. The van der Waals surface area contributed by atoms with Gasteiger partial charge in [0.1, 0.15) is 5.78 Å². The molecule has 0 unspecified atom stereocenters. The van der Waals surface area contributed by atoms with Crippen molar-refractivity contribution in [3.8, 4) is 0 Å². The quantitative estimate of drug-likeness (QED) is 0.780. The van der Waals surface area contributed by atoms with Gasteiger partial charge < -0.3 is 0 Å². The predicted octanol–water partition coefficient (Wildman–Crippen LogP) is 2.94. The van der Waals surface area contributed by atoms with E-state index >= 15 is 0 Å². The maximum Gasteiger partial charge on any atom is 0.136 e. The number of ketones is 1. The van der Waals surface area contributed by atoms with Crippen molar-refractivity contribution in [3.05, 3.63) is 35.4 Å². The first-order valence-electron chi connectivity index (χ1n) is 6.30. The Bertz CT molecular complexity index is 423. The number of nitrogens with zero attached hydrogens (tertiary/aromatic N) is 1. The molecule has 0 N–H and O–H groups in total. The fraction of sp³-hybridized carbons (Fsp3) is 0.533. The Balaban J connectivity index is 2.14. The van der Waals surface area contributed by atoms with Crippen LogP contribution in [0.2, 0.25) is 0 Å². The monoisotopic (exact) mass is 231 g/mol. The molecular weight excluding hydrogens is 210 g/mol. The van der Waals surface area contributed by atoms with Crippen molar-refractivity contribution >= 4 is 5.78 Å². The molecule has 92 valence electrons. The van der Waals surface area contributed by atoms with Crippen LogP contribution in [0, 0.1) is 6.92 Å². The van der Waals surface area contributed by atoms with Gasteiger partial charge in [-0.15, -0.1) is 0 Å². The van der Waals surface area contributed by atoms with Gasteiger partial charge >= 0.3 is 0 Å². The lowest BCUT2D eigenvalue weighted by Gasteiger charge is -2.42. The van der Waals surface area contributed by atoms with Gasteiger partial charge in [0.15, 0.2) is 0 Å². The molecular formula is C15H21NO. The van der Waals surface area contributed by atoms with Gasteiger partial charge in [0.05, 0.1) is 0 Å². The second-order valence-corrected chi connectivity index (χ2v) is 5.63. The molecule has 1 saturated heterocycles. The van der Waals surface area contributed by atoms with Crippen molar-refractivity contribution in [1.82, 2.24) is 4.90 Å². The molecule has 17 heavy (non-hydrogen) atoms. The van der Waals surface area contributed by atoms with Crippen LogP contribution in [0.25, 0.3) is 0 Å². The Kier molecular flexibility index (Phi) is 3.34. The number of likely N-dealkylation sites (tertiary alicyclic amines) is 1. The maximum absolute atomic E-state index is 11.5. The van der Waals surface area contributed by atoms with Crippen LogP contribution in [-0.4, -0.2) is 22.8 Å². The molecule has 1 aliphatic heterocycles. The lowest BCUT2D eigenvalue weighted by molar-refractivity contribution is -0.125. The number of rotatable bonds is 2. The Morgan fingerprint density at radius 3 is 2.65 bits per heavy atom. The number of aryl methyl sites for hydroxylation is 1. The highest BCUT2D eigenvalue weighted by molar-refractivity contribution is 5.80. The zero-order chi connectivity index (χ0) is 12.5. The van der Waals surface area contributed by atoms with Crippen LogP contribution in [0.3, 0.4) is 0 Å². The largest absolute Gasteiger partial charge is 0.300 e. The summed E-state index contributed by atoms with van der Waals surface area (Å²) in [6.45, 7) is 8.33. The zero-order valence-electron chi connectivity index (χ0n) is 11.0. The van der Waals surface area contributed by atoms with Crippen LogP contribution in [-0.2, 0) is 11.3 Å². The molecule has 0 atom stereocenters. The number of piperidine rings is 1. The summed E-state index contributed by atoms with van der Waals surface area (Å²) in [4.78, 5) is 13.9. The normalized spacial score (nSPS) is 20.5. The third-order valence-corrected chi connectivity index (χ3v) is 3.77. The van der Waals surface area contributed by atoms with Crippen molar-refractivity contribution < 1.29 is 4.79 Å². The number of hydrogen-bond acceptors (Lipinski definition) is 2. The number of benzene rings is 1. The van der Waals surface area contributed by atoms with Crippen LogP contribution in [0.4, 0.5) is 0 Å². The molecule has 1 aromatic carbocycles. The molecule has 1 aromatic rings. The summed E-state index contributed by atoms with van der Waals surface area (Å²) in [5, 5.41) is 0. The summed E-state index contributed by atoms with van der Waals surface area (Å²) in [7, 11) is 0. The molecule has 1 fully saturated rings. The van der Waals surface area contributed by atoms with E-state index in [1.807, 2.05) is 0 Å². The van der Waals surface area contributed by atoms with E-state index in [-0.39, 0.29) is 5.54 Å². The summed E-state index contributed by atoms with van der Waals surface area (Å²) in [6, 6.07) is 8.49. The topological polar surface area (TPSA) is 20.3 Å². The third-order valence-electron chi connectivity index (χ3n) is 3.77. The van der Waals surface area contributed by atoms with Crippen LogP contribution >= 0.6 is 0 Å². The van der Waals surface area contributed by atoms with E-state index in [1.165, 1.54) is 11.1 Å². The summed E-state index contributed by atoms with van der Waals surface area (Å²) in [5.41, 5.74) is 2.70. The summed E-state index contributed by atoms with van der Waals surface area (Å²) < 4.78 is 0. The number of hydrogen-bond donors (Lipinski definition) is 0. The molecule has 0 amide bonds. The molecule has 2 nitrogen and oxygen atoms in total. The van der Waals surface area contributed by atoms with E-state index in [9.17, 15) is 4.79 Å². The Hall–Kier alpha value is -1.15. The summed E-state index contributed by atoms with van der Waals surface area (Å²) in [5.74, 6) is 0.399. The minimum absolute atomic E-state index is 0.00237. The average Bonchev–Trinajstić information content (AvgIpc) is 2.24. The van der Waals surface area contributed by atoms with E-state index < -0.39 is 0 Å². The average molecular weight is 231 g/mol. The van der Waals surface area contributed by atoms with Gasteiger partial charge in [-0.3, -0.25) is 9.69 Å². The smallest absolute Gasteiger partial charge is 0.136 e. The van der Waals surface area contributed by atoms with E-state index in [0.717, 1.165) is 13.1 Å². The first kappa shape index (κ1) is 12.3. The third kappa shape index (κ3) is 2.75. The van der Waals surface area contributed by atoms with E-state index in [2.05, 4.69) is 49.9 Å². The maximum atomic E-state index is 11.5. The van der Waals surface area contributed by atoms with E-state index in [4.69, 9.17) is 0 Å². The number of carbonyl (C=O) groups is 1. The van der Waals surface area contributed by atoms with Crippen LogP contribution in [0.5, 0.6) is 0 Å². The fourth-order valence-electron chi connectivity index (χ4n) is 2.53. The van der Waals surface area contributed by atoms with Gasteiger partial charge in [-0.1, -0.05) is 24.3 Å². The van der Waals surface area contributed by atoms with Crippen molar-refractivity contribution in [2.45, 2.75) is 45.7 Å². The highest BCUT2D eigenvalue weighted by atomic mass is 16.1. The lowest BCUT2D eigenvalue weighted by atomic mass is 9.89. The van der Waals surface area contributed by atoms with Crippen molar-refractivity contribution in [2.24, 2.45) is 0 Å². The first-order valence-corrected chi connectivity index (χ1v) is 6.30. The fourth-order valence-corrected chi connectivity index (χ4v) is 2.53. The zero-order valence-corrected chi connectivity index (χ0v) is 11.0. The lowest BCUT2D eigenvalue weighted by Crippen LogP contribution is -2.49. The van der Waals surface area contributed by atoms with Crippen molar-refractivity contribution in [2.75, 3.05) is 6.54 Å². The van der Waals surface area contributed by atoms with Crippen LogP contribution < -0.4 is 0 Å². The molecule has 1 heterocycles. The molecule has 0 spiro atoms. The van der Waals surface area contributed by atoms with Gasteiger partial charge in [0, 0.05) is 31.5 Å². The van der Waals surface area contributed by atoms with Crippen LogP contribution in [0.1, 0.15) is 37.8 Å². The number of carbonyl (C=O) groups excluding carboxylic acids is 1. The Labute approximate surface area is 104 Å². The minimum atomic E-state index is -0.00237.